The third-order valence-electron chi connectivity index (χ3n) is 4.34. The molecule has 0 bridgehead atoms. The van der Waals surface area contributed by atoms with Crippen molar-refractivity contribution < 1.29 is 14.3 Å². The number of rotatable bonds is 6. The third kappa shape index (κ3) is 4.28. The Bertz CT molecular complexity index is 935. The standard InChI is InChI=1S/C21H22N2O3S/c1-14(24)23(2)12-15-5-7-16(8-6-15)18-13-27-21(22-18)17-9-10-19(25-3)20(11-17)26-4/h5-11,13H,12H2,1-4H3. The number of hydrogen-bond donors (Lipinski definition) is 0. The average molecular weight is 382 g/mol. The number of amides is 1. The Morgan fingerprint density at radius 3 is 2.33 bits per heavy atom. The maximum atomic E-state index is 11.4. The van der Waals surface area contributed by atoms with E-state index in [2.05, 4.69) is 0 Å². The van der Waals surface area contributed by atoms with Crippen LogP contribution in [0.1, 0.15) is 12.5 Å². The average Bonchev–Trinajstić information content (AvgIpc) is 3.18. The van der Waals surface area contributed by atoms with Gasteiger partial charge in [-0.1, -0.05) is 24.3 Å². The van der Waals surface area contributed by atoms with Crippen LogP contribution in [0.15, 0.2) is 47.8 Å². The molecule has 1 heterocycles. The number of carbonyl (C=O) groups excluding carboxylic acids is 1. The molecule has 0 spiro atoms. The molecule has 27 heavy (non-hydrogen) atoms. The molecule has 0 saturated carbocycles. The van der Waals surface area contributed by atoms with E-state index in [0.717, 1.165) is 27.4 Å². The summed E-state index contributed by atoms with van der Waals surface area (Å²) in [5.74, 6) is 1.44. The van der Waals surface area contributed by atoms with E-state index in [0.29, 0.717) is 18.0 Å². The van der Waals surface area contributed by atoms with Crippen molar-refractivity contribution in [1.29, 1.82) is 0 Å². The summed E-state index contributed by atoms with van der Waals surface area (Å²) in [4.78, 5) is 17.8. The molecule has 0 aliphatic carbocycles. The van der Waals surface area contributed by atoms with Crippen molar-refractivity contribution in [2.75, 3.05) is 21.3 Å². The van der Waals surface area contributed by atoms with E-state index in [1.54, 1.807) is 44.4 Å². The van der Waals surface area contributed by atoms with Crippen LogP contribution in [0.4, 0.5) is 0 Å². The number of benzene rings is 2. The zero-order chi connectivity index (χ0) is 19.4. The van der Waals surface area contributed by atoms with Gasteiger partial charge in [0.25, 0.3) is 0 Å². The van der Waals surface area contributed by atoms with Crippen LogP contribution in [0.2, 0.25) is 0 Å². The maximum absolute atomic E-state index is 11.4. The molecule has 3 rings (SSSR count). The van der Waals surface area contributed by atoms with Crippen molar-refractivity contribution in [1.82, 2.24) is 9.88 Å². The molecular formula is C21H22N2O3S. The van der Waals surface area contributed by atoms with Gasteiger partial charge in [0.05, 0.1) is 19.9 Å². The topological polar surface area (TPSA) is 51.7 Å². The van der Waals surface area contributed by atoms with Gasteiger partial charge in [-0.05, 0) is 23.8 Å². The molecular weight excluding hydrogens is 360 g/mol. The highest BCUT2D eigenvalue weighted by atomic mass is 32.1. The summed E-state index contributed by atoms with van der Waals surface area (Å²) in [6.07, 6.45) is 0. The largest absolute Gasteiger partial charge is 0.493 e. The number of ether oxygens (including phenoxy) is 2. The van der Waals surface area contributed by atoms with Gasteiger partial charge < -0.3 is 14.4 Å². The number of aromatic nitrogens is 1. The lowest BCUT2D eigenvalue weighted by Gasteiger charge is -2.14. The minimum Gasteiger partial charge on any atom is -0.493 e. The van der Waals surface area contributed by atoms with Crippen molar-refractivity contribution >= 4 is 17.2 Å². The fraction of sp³-hybridized carbons (Fsp3) is 0.238. The van der Waals surface area contributed by atoms with Crippen LogP contribution in [-0.2, 0) is 11.3 Å². The van der Waals surface area contributed by atoms with E-state index in [1.165, 1.54) is 0 Å². The van der Waals surface area contributed by atoms with Gasteiger partial charge in [-0.2, -0.15) is 0 Å². The predicted molar refractivity (Wildman–Crippen MR) is 108 cm³/mol. The Morgan fingerprint density at radius 1 is 1.04 bits per heavy atom. The van der Waals surface area contributed by atoms with Gasteiger partial charge in [0.15, 0.2) is 11.5 Å². The summed E-state index contributed by atoms with van der Waals surface area (Å²) >= 11 is 1.59. The Labute approximate surface area is 163 Å². The fourth-order valence-electron chi connectivity index (χ4n) is 2.67. The molecule has 0 aliphatic heterocycles. The Morgan fingerprint density at radius 2 is 1.70 bits per heavy atom. The summed E-state index contributed by atoms with van der Waals surface area (Å²) in [5, 5.41) is 2.97. The molecule has 0 N–H and O–H groups in total. The number of thiazole rings is 1. The quantitative estimate of drug-likeness (QED) is 0.631. The van der Waals surface area contributed by atoms with Crippen molar-refractivity contribution in [3.8, 4) is 33.3 Å². The second-order valence-corrected chi connectivity index (χ2v) is 7.04. The summed E-state index contributed by atoms with van der Waals surface area (Å²) in [6.45, 7) is 2.17. The minimum atomic E-state index is 0.0538. The normalized spacial score (nSPS) is 10.5. The van der Waals surface area contributed by atoms with Crippen LogP contribution in [0, 0.1) is 0 Å². The van der Waals surface area contributed by atoms with Gasteiger partial charge in [-0.15, -0.1) is 11.3 Å². The zero-order valence-corrected chi connectivity index (χ0v) is 16.7. The van der Waals surface area contributed by atoms with Crippen molar-refractivity contribution in [2.24, 2.45) is 0 Å². The molecule has 1 amide bonds. The van der Waals surface area contributed by atoms with Crippen molar-refractivity contribution in [3.05, 3.63) is 53.4 Å². The Kier molecular flexibility index (Phi) is 5.76. The first-order chi connectivity index (χ1) is 13.0. The van der Waals surface area contributed by atoms with E-state index in [9.17, 15) is 4.79 Å². The second-order valence-electron chi connectivity index (χ2n) is 6.18. The lowest BCUT2D eigenvalue weighted by molar-refractivity contribution is -0.128. The van der Waals surface area contributed by atoms with Gasteiger partial charge in [0.2, 0.25) is 5.91 Å². The number of methoxy groups -OCH3 is 2. The highest BCUT2D eigenvalue weighted by Crippen LogP contribution is 2.35. The molecule has 5 nitrogen and oxygen atoms in total. The molecule has 2 aromatic carbocycles. The third-order valence-corrected chi connectivity index (χ3v) is 5.23. The zero-order valence-electron chi connectivity index (χ0n) is 15.9. The SMILES string of the molecule is COc1ccc(-c2nc(-c3ccc(CN(C)C(C)=O)cc3)cs2)cc1OC. The highest BCUT2D eigenvalue weighted by Gasteiger charge is 2.11. The summed E-state index contributed by atoms with van der Waals surface area (Å²) in [5.41, 5.74) is 4.05. The van der Waals surface area contributed by atoms with Crippen molar-refractivity contribution in [3.63, 3.8) is 0 Å². The Balaban J connectivity index is 1.80. The monoisotopic (exact) mass is 382 g/mol. The van der Waals surface area contributed by atoms with Crippen LogP contribution in [0.25, 0.3) is 21.8 Å². The molecule has 0 atom stereocenters. The van der Waals surface area contributed by atoms with Crippen LogP contribution in [-0.4, -0.2) is 37.1 Å². The lowest BCUT2D eigenvalue weighted by Crippen LogP contribution is -2.22. The number of carbonyl (C=O) groups is 1. The maximum Gasteiger partial charge on any atom is 0.219 e. The van der Waals surface area contributed by atoms with Crippen LogP contribution in [0.5, 0.6) is 11.5 Å². The van der Waals surface area contributed by atoms with Gasteiger partial charge in [0, 0.05) is 37.0 Å². The number of hydrogen-bond acceptors (Lipinski definition) is 5. The molecule has 6 heteroatoms. The smallest absolute Gasteiger partial charge is 0.219 e. The highest BCUT2D eigenvalue weighted by molar-refractivity contribution is 7.13. The molecule has 0 saturated heterocycles. The van der Waals surface area contributed by atoms with Crippen LogP contribution >= 0.6 is 11.3 Å². The van der Waals surface area contributed by atoms with Gasteiger partial charge >= 0.3 is 0 Å². The molecule has 0 aliphatic rings. The first-order valence-electron chi connectivity index (χ1n) is 8.50. The summed E-state index contributed by atoms with van der Waals surface area (Å²) in [6, 6.07) is 13.9. The van der Waals surface area contributed by atoms with E-state index in [1.807, 2.05) is 47.8 Å². The molecule has 0 fully saturated rings. The first kappa shape index (κ1) is 18.9. The van der Waals surface area contributed by atoms with Crippen LogP contribution < -0.4 is 9.47 Å². The molecule has 0 radical (unpaired) electrons. The Hall–Kier alpha value is -2.86. The van der Waals surface area contributed by atoms with Gasteiger partial charge in [0.1, 0.15) is 5.01 Å². The predicted octanol–water partition coefficient (Wildman–Crippen LogP) is 4.47. The molecule has 140 valence electrons. The molecule has 0 unspecified atom stereocenters. The van der Waals surface area contributed by atoms with Crippen LogP contribution in [0.3, 0.4) is 0 Å². The molecule has 1 aromatic heterocycles. The first-order valence-corrected chi connectivity index (χ1v) is 9.38. The second kappa shape index (κ2) is 8.22. The van der Waals surface area contributed by atoms with Crippen molar-refractivity contribution in [2.45, 2.75) is 13.5 Å². The fourth-order valence-corrected chi connectivity index (χ4v) is 3.50. The van der Waals surface area contributed by atoms with E-state index < -0.39 is 0 Å². The van der Waals surface area contributed by atoms with Gasteiger partial charge in [-0.25, -0.2) is 4.98 Å². The minimum absolute atomic E-state index is 0.0538. The molecule has 3 aromatic rings. The van der Waals surface area contributed by atoms with E-state index in [4.69, 9.17) is 14.5 Å². The van der Waals surface area contributed by atoms with Gasteiger partial charge in [-0.3, -0.25) is 4.79 Å². The summed E-state index contributed by atoms with van der Waals surface area (Å²) in [7, 11) is 5.04. The lowest BCUT2D eigenvalue weighted by atomic mass is 10.1. The van der Waals surface area contributed by atoms with E-state index in [-0.39, 0.29) is 5.91 Å². The van der Waals surface area contributed by atoms with E-state index >= 15 is 0 Å². The number of nitrogens with zero attached hydrogens (tertiary/aromatic N) is 2. The summed E-state index contributed by atoms with van der Waals surface area (Å²) < 4.78 is 10.7.